The van der Waals surface area contributed by atoms with Gasteiger partial charge in [0.15, 0.2) is 4.77 Å². The molecule has 0 radical (unpaired) electrons. The summed E-state index contributed by atoms with van der Waals surface area (Å²) in [5, 5.41) is 15.0. The van der Waals surface area contributed by atoms with Crippen LogP contribution in [0.2, 0.25) is 0 Å². The van der Waals surface area contributed by atoms with E-state index in [0.717, 1.165) is 18.4 Å². The van der Waals surface area contributed by atoms with Crippen LogP contribution in [0, 0.1) is 4.77 Å². The summed E-state index contributed by atoms with van der Waals surface area (Å²) in [6.45, 7) is 2.57. The van der Waals surface area contributed by atoms with E-state index in [-0.39, 0.29) is 22.3 Å². The first-order chi connectivity index (χ1) is 13.5. The van der Waals surface area contributed by atoms with E-state index in [1.165, 1.54) is 4.57 Å². The smallest absolute Gasteiger partial charge is 0.264 e. The summed E-state index contributed by atoms with van der Waals surface area (Å²) in [6, 6.07) is 5.29. The van der Waals surface area contributed by atoms with E-state index in [1.807, 2.05) is 25.1 Å². The van der Waals surface area contributed by atoms with Gasteiger partial charge in [0.1, 0.15) is 17.1 Å². The molecule has 150 valence electrons. The fraction of sp³-hybridized carbons (Fsp3) is 0.421. The van der Waals surface area contributed by atoms with Crippen LogP contribution in [0.5, 0.6) is 17.4 Å². The molecule has 8 nitrogen and oxygen atoms in total. The molecule has 0 spiro atoms. The van der Waals surface area contributed by atoms with Gasteiger partial charge < -0.3 is 20.0 Å². The van der Waals surface area contributed by atoms with Crippen molar-refractivity contribution in [2.75, 3.05) is 14.2 Å². The zero-order valence-electron chi connectivity index (χ0n) is 16.1. The van der Waals surface area contributed by atoms with Gasteiger partial charge in [-0.05, 0) is 36.8 Å². The van der Waals surface area contributed by atoms with Crippen LogP contribution in [0.3, 0.4) is 0 Å². The molecule has 1 aliphatic rings. The molecule has 1 aliphatic heterocycles. The van der Waals surface area contributed by atoms with Crippen molar-refractivity contribution in [3.05, 3.63) is 44.5 Å². The Morgan fingerprint density at radius 2 is 2.14 bits per heavy atom. The standard InChI is InChI=1S/C19H24N4O4S/c1-4-5-8-23-18(25)16(17(24)20-19(23)28)14-10-13(21-22-14)12-9-11(26-2)6-7-15(12)27-3/h6-7,9,13,21,25H,4-5,8,10H2,1-3H3,(H,20,24,28)/t13-/m1/s1. The van der Waals surface area contributed by atoms with Gasteiger partial charge in [-0.2, -0.15) is 5.10 Å². The van der Waals surface area contributed by atoms with E-state index in [1.54, 1.807) is 14.2 Å². The SMILES string of the molecule is CCCCn1c(O)c(C2=NN[C@@H](c3cc(OC)ccc3OC)C2)c(=O)[nH]c1=S. The van der Waals surface area contributed by atoms with Crippen LogP contribution in [0.4, 0.5) is 0 Å². The van der Waals surface area contributed by atoms with Crippen LogP contribution >= 0.6 is 12.2 Å². The van der Waals surface area contributed by atoms with E-state index in [4.69, 9.17) is 21.7 Å². The maximum atomic E-state index is 12.5. The van der Waals surface area contributed by atoms with Crippen molar-refractivity contribution in [1.82, 2.24) is 15.0 Å². The van der Waals surface area contributed by atoms with E-state index in [0.29, 0.717) is 30.2 Å². The number of benzene rings is 1. The molecule has 9 heteroatoms. The van der Waals surface area contributed by atoms with E-state index >= 15 is 0 Å². The van der Waals surface area contributed by atoms with Gasteiger partial charge in [0, 0.05) is 18.5 Å². The predicted molar refractivity (Wildman–Crippen MR) is 109 cm³/mol. The highest BCUT2D eigenvalue weighted by molar-refractivity contribution is 7.71. The molecule has 2 heterocycles. The maximum Gasteiger partial charge on any atom is 0.264 e. The van der Waals surface area contributed by atoms with E-state index < -0.39 is 5.56 Å². The molecular formula is C19H24N4O4S. The zero-order chi connectivity index (χ0) is 20.3. The normalized spacial score (nSPS) is 15.8. The number of nitrogens with one attached hydrogen (secondary N) is 2. The molecule has 0 saturated heterocycles. The number of unbranched alkanes of at least 4 members (excludes halogenated alkanes) is 1. The van der Waals surface area contributed by atoms with Crippen LogP contribution in [-0.2, 0) is 6.54 Å². The number of aromatic amines is 1. The van der Waals surface area contributed by atoms with Gasteiger partial charge in [0.25, 0.3) is 5.56 Å². The Morgan fingerprint density at radius 3 is 2.82 bits per heavy atom. The second-order valence-corrected chi connectivity index (χ2v) is 6.90. The van der Waals surface area contributed by atoms with Gasteiger partial charge in [0.05, 0.1) is 26.0 Å². The van der Waals surface area contributed by atoms with Crippen molar-refractivity contribution in [3.63, 3.8) is 0 Å². The molecule has 28 heavy (non-hydrogen) atoms. The van der Waals surface area contributed by atoms with Crippen LogP contribution in [-0.4, -0.2) is 34.6 Å². The number of hydrazone groups is 1. The highest BCUT2D eigenvalue weighted by Gasteiger charge is 2.28. The van der Waals surface area contributed by atoms with Crippen LogP contribution < -0.4 is 20.5 Å². The molecule has 0 aliphatic carbocycles. The minimum absolute atomic E-state index is 0.140. The Hall–Kier alpha value is -2.81. The van der Waals surface area contributed by atoms with Crippen LogP contribution in [0.25, 0.3) is 0 Å². The number of H-pyrrole nitrogens is 1. The first kappa shape index (κ1) is 19.9. The highest BCUT2D eigenvalue weighted by atomic mass is 32.1. The molecule has 0 amide bonds. The summed E-state index contributed by atoms with van der Waals surface area (Å²) >= 11 is 5.20. The molecule has 0 bridgehead atoms. The lowest BCUT2D eigenvalue weighted by Crippen LogP contribution is -2.23. The lowest BCUT2D eigenvalue weighted by molar-refractivity contribution is 0.392. The summed E-state index contributed by atoms with van der Waals surface area (Å²) in [6.07, 6.45) is 2.18. The van der Waals surface area contributed by atoms with Gasteiger partial charge in [-0.1, -0.05) is 13.3 Å². The third-order valence-corrected chi connectivity index (χ3v) is 5.08. The minimum Gasteiger partial charge on any atom is -0.497 e. The summed E-state index contributed by atoms with van der Waals surface area (Å²) in [5.74, 6) is 1.23. The first-order valence-electron chi connectivity index (χ1n) is 9.10. The molecule has 0 fully saturated rings. The summed E-state index contributed by atoms with van der Waals surface area (Å²) < 4.78 is 12.5. The highest BCUT2D eigenvalue weighted by Crippen LogP contribution is 2.34. The van der Waals surface area contributed by atoms with Crippen molar-refractivity contribution in [2.24, 2.45) is 5.10 Å². The third-order valence-electron chi connectivity index (χ3n) is 4.76. The Labute approximate surface area is 167 Å². The summed E-state index contributed by atoms with van der Waals surface area (Å²) in [4.78, 5) is 15.1. The molecule has 1 atom stereocenters. The number of ether oxygens (including phenoxy) is 2. The number of aromatic nitrogens is 2. The monoisotopic (exact) mass is 404 g/mol. The summed E-state index contributed by atoms with van der Waals surface area (Å²) in [7, 11) is 3.19. The first-order valence-corrected chi connectivity index (χ1v) is 9.51. The van der Waals surface area contributed by atoms with Crippen LogP contribution in [0.1, 0.15) is 43.4 Å². The van der Waals surface area contributed by atoms with Crippen molar-refractivity contribution in [1.29, 1.82) is 0 Å². The second kappa shape index (κ2) is 8.47. The lowest BCUT2D eigenvalue weighted by Gasteiger charge is -2.16. The minimum atomic E-state index is -0.450. The van der Waals surface area contributed by atoms with E-state index in [9.17, 15) is 9.90 Å². The number of methoxy groups -OCH3 is 2. The van der Waals surface area contributed by atoms with Gasteiger partial charge in [0.2, 0.25) is 5.88 Å². The molecule has 1 aromatic carbocycles. The van der Waals surface area contributed by atoms with Gasteiger partial charge in [-0.3, -0.25) is 14.3 Å². The molecule has 1 aromatic heterocycles. The van der Waals surface area contributed by atoms with Crippen molar-refractivity contribution >= 4 is 17.9 Å². The Morgan fingerprint density at radius 1 is 1.36 bits per heavy atom. The molecular weight excluding hydrogens is 380 g/mol. The largest absolute Gasteiger partial charge is 0.497 e. The number of hydrogen-bond acceptors (Lipinski definition) is 7. The Bertz CT molecular complexity index is 1010. The molecule has 3 rings (SSSR count). The van der Waals surface area contributed by atoms with Crippen molar-refractivity contribution < 1.29 is 14.6 Å². The van der Waals surface area contributed by atoms with E-state index in [2.05, 4.69) is 15.5 Å². The maximum absolute atomic E-state index is 12.5. The van der Waals surface area contributed by atoms with Gasteiger partial charge in [-0.15, -0.1) is 0 Å². The van der Waals surface area contributed by atoms with Gasteiger partial charge >= 0.3 is 0 Å². The fourth-order valence-corrected chi connectivity index (χ4v) is 3.50. The predicted octanol–water partition coefficient (Wildman–Crippen LogP) is 2.87. The summed E-state index contributed by atoms with van der Waals surface area (Å²) in [5.41, 5.74) is 4.05. The quantitative estimate of drug-likeness (QED) is 0.614. The average Bonchev–Trinajstić information content (AvgIpc) is 3.16. The molecule has 0 saturated carbocycles. The Kier molecular flexibility index (Phi) is 6.03. The second-order valence-electron chi connectivity index (χ2n) is 6.52. The molecule has 0 unspecified atom stereocenters. The molecule has 2 aromatic rings. The number of hydrogen-bond donors (Lipinski definition) is 3. The van der Waals surface area contributed by atoms with Gasteiger partial charge in [-0.25, -0.2) is 0 Å². The average molecular weight is 404 g/mol. The zero-order valence-corrected chi connectivity index (χ0v) is 16.9. The van der Waals surface area contributed by atoms with Crippen LogP contribution in [0.15, 0.2) is 28.1 Å². The fourth-order valence-electron chi connectivity index (χ4n) is 3.23. The lowest BCUT2D eigenvalue weighted by atomic mass is 9.99. The Balaban J connectivity index is 1.95. The van der Waals surface area contributed by atoms with Crippen molar-refractivity contribution in [2.45, 2.75) is 38.8 Å². The van der Waals surface area contributed by atoms with Crippen molar-refractivity contribution in [3.8, 4) is 17.4 Å². The topological polar surface area (TPSA) is 101 Å². The molecule has 3 N–H and O–H groups in total. The number of aromatic hydroxyl groups is 1. The number of rotatable bonds is 7. The number of nitrogens with zero attached hydrogens (tertiary/aromatic N) is 2. The third kappa shape index (κ3) is 3.75.